The molecule has 2 aromatic rings. The number of rotatable bonds is 25. The Bertz CT molecular complexity index is 2450. The first-order valence-electron chi connectivity index (χ1n) is 27.5. The summed E-state index contributed by atoms with van der Waals surface area (Å²) in [6, 6.07) is 3.70. The van der Waals surface area contributed by atoms with E-state index in [9.17, 15) is 19.5 Å². The fourth-order valence-electron chi connectivity index (χ4n) is 11.4. The van der Waals surface area contributed by atoms with Crippen LogP contribution in [0, 0.1) is 0 Å². The zero-order valence-corrected chi connectivity index (χ0v) is 43.7. The van der Waals surface area contributed by atoms with Crippen LogP contribution < -0.4 is 27.4 Å². The molecular formula is C54H88N12O4. The van der Waals surface area contributed by atoms with E-state index in [1.54, 1.807) is 6.07 Å². The highest BCUT2D eigenvalue weighted by Gasteiger charge is 2.29. The molecule has 1 aliphatic carbocycles. The lowest BCUT2D eigenvalue weighted by molar-refractivity contribution is 0.152. The smallest absolute Gasteiger partial charge is 0.263 e. The van der Waals surface area contributed by atoms with Gasteiger partial charge in [0, 0.05) is 153 Å². The van der Waals surface area contributed by atoms with Crippen molar-refractivity contribution in [1.82, 2.24) is 48.3 Å². The summed E-state index contributed by atoms with van der Waals surface area (Å²) in [5, 5.41) is 18.2. The molecular weight excluding hydrogens is 881 g/mol. The highest BCUT2D eigenvalue weighted by Crippen LogP contribution is 2.41. The zero-order valence-electron chi connectivity index (χ0n) is 43.7. The number of anilines is 1. The quantitative estimate of drug-likeness (QED) is 0.0745. The van der Waals surface area contributed by atoms with E-state index in [0.717, 1.165) is 208 Å². The first-order chi connectivity index (χ1) is 34.0. The Morgan fingerprint density at radius 1 is 0.457 bits per heavy atom. The van der Waals surface area contributed by atoms with Crippen LogP contribution in [-0.4, -0.2) is 226 Å². The van der Waals surface area contributed by atoms with Crippen molar-refractivity contribution >= 4 is 27.2 Å². The van der Waals surface area contributed by atoms with Crippen molar-refractivity contribution in [1.29, 1.82) is 0 Å². The minimum Gasteiger partial charge on any atom is -0.494 e. The molecule has 0 saturated carbocycles. The van der Waals surface area contributed by atoms with E-state index in [1.807, 2.05) is 6.07 Å². The second kappa shape index (κ2) is 25.8. The number of benzene rings is 2. The van der Waals surface area contributed by atoms with E-state index in [4.69, 9.17) is 4.99 Å². The highest BCUT2D eigenvalue weighted by molar-refractivity contribution is 6.18. The molecule has 0 unspecified atom stereocenters. The first-order valence-corrected chi connectivity index (χ1v) is 27.5. The Morgan fingerprint density at radius 2 is 0.871 bits per heavy atom. The maximum Gasteiger partial charge on any atom is 0.263 e. The number of likely N-dealkylation sites (N-methyl/N-ethyl adjacent to an activating group) is 4. The number of nitrogens with one attached hydrogen (secondary N) is 1. The molecule has 6 heterocycles. The fourth-order valence-corrected chi connectivity index (χ4v) is 11.4. The SMILES string of the molecule is CN1CCN(CCCCCN=c2cc3c(=O)n(CCCCCN4CCN(C)CC4)c(=O)c4c(NCCCCCN5CCN(C)CC5)cc5c(O)n(CCCCCN6CCN(C)CC6)c(=O)c2c5c4-3)CC1. The maximum absolute atomic E-state index is 14.9. The van der Waals surface area contributed by atoms with Crippen LogP contribution in [0.3, 0.4) is 0 Å². The minimum atomic E-state index is -0.339. The van der Waals surface area contributed by atoms with Crippen molar-refractivity contribution in [3.63, 3.8) is 0 Å². The molecule has 1 aromatic carbocycles. The Kier molecular flexibility index (Phi) is 19.4. The predicted molar refractivity (Wildman–Crippen MR) is 287 cm³/mol. The second-order valence-corrected chi connectivity index (χ2v) is 21.6. The third-order valence-corrected chi connectivity index (χ3v) is 16.3. The van der Waals surface area contributed by atoms with Gasteiger partial charge in [0.25, 0.3) is 16.7 Å². The van der Waals surface area contributed by atoms with Crippen molar-refractivity contribution in [3.05, 3.63) is 48.6 Å². The van der Waals surface area contributed by atoms with Crippen molar-refractivity contribution in [2.45, 2.75) is 90.1 Å². The van der Waals surface area contributed by atoms with Crippen LogP contribution in [0.1, 0.15) is 77.0 Å². The summed E-state index contributed by atoms with van der Waals surface area (Å²) in [4.78, 5) is 69.5. The lowest BCUT2D eigenvalue weighted by Crippen LogP contribution is -2.44. The van der Waals surface area contributed by atoms with Crippen LogP contribution in [0.4, 0.5) is 5.69 Å². The van der Waals surface area contributed by atoms with Crippen LogP contribution in [0.25, 0.3) is 32.7 Å². The van der Waals surface area contributed by atoms with Gasteiger partial charge < -0.3 is 49.6 Å². The number of piperazine rings is 4. The Labute approximate surface area is 417 Å². The largest absolute Gasteiger partial charge is 0.494 e. The number of aromatic hydroxyl groups is 1. The van der Waals surface area contributed by atoms with E-state index in [1.165, 1.54) is 9.13 Å². The van der Waals surface area contributed by atoms with E-state index in [2.05, 4.69) is 72.7 Å². The third kappa shape index (κ3) is 13.5. The van der Waals surface area contributed by atoms with E-state index in [0.29, 0.717) is 69.9 Å². The molecule has 4 saturated heterocycles. The van der Waals surface area contributed by atoms with Crippen LogP contribution in [-0.2, 0) is 13.1 Å². The number of hydrogen-bond acceptors (Lipinski definition) is 14. The Balaban J connectivity index is 1.08. The van der Waals surface area contributed by atoms with Crippen molar-refractivity contribution in [3.8, 4) is 17.0 Å². The van der Waals surface area contributed by atoms with Gasteiger partial charge in [0.05, 0.1) is 21.7 Å². The van der Waals surface area contributed by atoms with Gasteiger partial charge in [-0.05, 0) is 118 Å². The molecule has 4 fully saturated rings. The third-order valence-electron chi connectivity index (χ3n) is 16.3. The van der Waals surface area contributed by atoms with Gasteiger partial charge in [-0.15, -0.1) is 0 Å². The van der Waals surface area contributed by atoms with Gasteiger partial charge >= 0.3 is 0 Å². The zero-order chi connectivity index (χ0) is 49.0. The molecule has 0 atom stereocenters. The molecule has 0 amide bonds. The summed E-state index contributed by atoms with van der Waals surface area (Å²) in [6.45, 7) is 23.6. The molecule has 388 valence electrons. The van der Waals surface area contributed by atoms with Gasteiger partial charge in [-0.2, -0.15) is 0 Å². The van der Waals surface area contributed by atoms with Gasteiger partial charge in [-0.25, -0.2) is 0 Å². The topological polar surface area (TPSA) is 132 Å². The summed E-state index contributed by atoms with van der Waals surface area (Å²) in [6.07, 6.45) is 11.4. The standard InChI is InChI=1S/C54H88N12O4/c1-57-25-33-61(34-26-57)19-11-5-9-17-55-45-41-43-48-47-44(52(68)65(53(69)49(45)47)23-15-7-13-21-63-37-29-59(3)30-38-63)42-46(56-18-10-6-12-20-62-35-27-58(2)28-36-62)50(48)54(70)66(51(43)67)24-16-8-14-22-64-39-31-60(4)32-40-64/h41-42,55,67H,5-40H2,1-4H3. The molecule has 0 spiro atoms. The van der Waals surface area contributed by atoms with Gasteiger partial charge in [-0.3, -0.25) is 28.5 Å². The summed E-state index contributed by atoms with van der Waals surface area (Å²) >= 11 is 0. The monoisotopic (exact) mass is 969 g/mol. The van der Waals surface area contributed by atoms with Gasteiger partial charge in [0.1, 0.15) is 0 Å². The van der Waals surface area contributed by atoms with Crippen molar-refractivity contribution in [2.24, 2.45) is 4.99 Å². The van der Waals surface area contributed by atoms with Crippen LogP contribution in [0.5, 0.6) is 5.88 Å². The molecule has 70 heavy (non-hydrogen) atoms. The molecule has 6 aliphatic rings. The van der Waals surface area contributed by atoms with Crippen LogP contribution >= 0.6 is 0 Å². The van der Waals surface area contributed by atoms with Crippen LogP contribution in [0.15, 0.2) is 31.5 Å². The predicted octanol–water partition coefficient (Wildman–Crippen LogP) is 3.35. The van der Waals surface area contributed by atoms with Crippen molar-refractivity contribution in [2.75, 3.05) is 177 Å². The Hall–Kier alpha value is -3.74. The van der Waals surface area contributed by atoms with Crippen LogP contribution in [0.2, 0.25) is 0 Å². The van der Waals surface area contributed by atoms with Gasteiger partial charge in [-0.1, -0.05) is 25.7 Å². The lowest BCUT2D eigenvalue weighted by atomic mass is 9.89. The molecule has 5 aliphatic heterocycles. The number of hydrogen-bond donors (Lipinski definition) is 2. The lowest BCUT2D eigenvalue weighted by Gasteiger charge is -2.32. The number of pyridine rings is 2. The molecule has 16 nitrogen and oxygen atoms in total. The molecule has 0 radical (unpaired) electrons. The second-order valence-electron chi connectivity index (χ2n) is 21.6. The number of aromatic nitrogens is 2. The minimum absolute atomic E-state index is 0.104. The van der Waals surface area contributed by atoms with E-state index in [-0.39, 0.29) is 22.6 Å². The maximum atomic E-state index is 14.9. The summed E-state index contributed by atoms with van der Waals surface area (Å²) in [7, 11) is 8.73. The summed E-state index contributed by atoms with van der Waals surface area (Å²) in [5.74, 6) is -0.104. The highest BCUT2D eigenvalue weighted by atomic mass is 16.3. The van der Waals surface area contributed by atoms with E-state index < -0.39 is 0 Å². The molecule has 0 bridgehead atoms. The normalized spacial score (nSPS) is 19.8. The van der Waals surface area contributed by atoms with Gasteiger partial charge in [0.15, 0.2) is 0 Å². The summed E-state index contributed by atoms with van der Waals surface area (Å²) < 4.78 is 2.98. The molecule has 2 N–H and O–H groups in total. The average molecular weight is 969 g/mol. The van der Waals surface area contributed by atoms with E-state index >= 15 is 0 Å². The summed E-state index contributed by atoms with van der Waals surface area (Å²) in [5.41, 5.74) is 0.516. The molecule has 1 aromatic heterocycles. The molecule has 16 heteroatoms. The van der Waals surface area contributed by atoms with Gasteiger partial charge in [0.2, 0.25) is 5.88 Å². The fraction of sp³-hybridized carbons (Fsp3) is 0.741. The Morgan fingerprint density at radius 3 is 1.36 bits per heavy atom. The number of nitrogens with zero attached hydrogens (tertiary/aromatic N) is 11. The molecule has 8 rings (SSSR count). The first kappa shape index (κ1) is 52.6. The average Bonchev–Trinajstić information content (AvgIpc) is 3.36. The van der Waals surface area contributed by atoms with Crippen molar-refractivity contribution < 1.29 is 5.11 Å². The number of unbranched alkanes of at least 4 members (excludes halogenated alkanes) is 8.